The van der Waals surface area contributed by atoms with Crippen LogP contribution in [0.2, 0.25) is 16.6 Å². The van der Waals surface area contributed by atoms with Crippen LogP contribution < -0.4 is 0 Å². The molecule has 0 saturated heterocycles. The molecule has 1 aromatic rings. The fourth-order valence-electron chi connectivity index (χ4n) is 8.45. The minimum Gasteiger partial charge on any atom is -0.416 e. The molecule has 1 aromatic carbocycles. The Labute approximate surface area is 248 Å². The number of fused-ring (bicyclic) bond motifs is 1. The van der Waals surface area contributed by atoms with Gasteiger partial charge in [0.1, 0.15) is 0 Å². The minimum atomic E-state index is -3.72. The lowest BCUT2D eigenvalue weighted by Crippen LogP contribution is -2.49. The fourth-order valence-corrected chi connectivity index (χ4v) is 14.8. The average molecular weight is 591 g/mol. The summed E-state index contributed by atoms with van der Waals surface area (Å²) < 4.78 is 37.9. The molecule has 3 rings (SSSR count). The molecule has 2 aliphatic rings. The lowest BCUT2D eigenvalue weighted by molar-refractivity contribution is 0.0355. The van der Waals surface area contributed by atoms with E-state index in [4.69, 9.17) is 8.61 Å². The Balaban J connectivity index is 1.68. The molecule has 0 bridgehead atoms. The molecule has 0 aromatic heterocycles. The van der Waals surface area contributed by atoms with Gasteiger partial charge in [0.15, 0.2) is 8.32 Å². The summed E-state index contributed by atoms with van der Waals surface area (Å²) in [4.78, 5) is 0.239. The Morgan fingerprint density at radius 2 is 1.55 bits per heavy atom. The van der Waals surface area contributed by atoms with E-state index in [-0.39, 0.29) is 22.3 Å². The van der Waals surface area contributed by atoms with Crippen LogP contribution >= 0.6 is 0 Å². The van der Waals surface area contributed by atoms with Crippen LogP contribution in [0.1, 0.15) is 113 Å². The van der Waals surface area contributed by atoms with Gasteiger partial charge in [-0.3, -0.25) is 4.18 Å². The third-order valence-corrected chi connectivity index (χ3v) is 18.5. The van der Waals surface area contributed by atoms with Crippen LogP contribution in [0.5, 0.6) is 0 Å². The maximum absolute atomic E-state index is 12.7. The van der Waals surface area contributed by atoms with E-state index in [1.807, 2.05) is 19.1 Å². The van der Waals surface area contributed by atoms with Gasteiger partial charge >= 0.3 is 0 Å². The van der Waals surface area contributed by atoms with E-state index < -0.39 is 18.4 Å². The van der Waals surface area contributed by atoms with Crippen molar-refractivity contribution in [2.75, 3.05) is 13.2 Å². The van der Waals surface area contributed by atoms with Gasteiger partial charge in [-0.05, 0) is 96.9 Å². The molecule has 1 saturated carbocycles. The standard InChI is InChI=1S/C34H58O4SSi/c1-25(2)40(26(3)4,27(5)6)38-24-22-34(10)29(8)16-19-31-32(34)13-11-20-33(31,9)21-12-23-37-39(35,36)30-17-14-28(7)15-18-30/h14-15,17-19,25-27,29,32H,11-13,16,20-24H2,1-10H3/t29-,32-,33+,34-/m0/s1. The van der Waals surface area contributed by atoms with Gasteiger partial charge < -0.3 is 4.43 Å². The second-order valence-electron chi connectivity index (χ2n) is 14.4. The zero-order valence-corrected chi connectivity index (χ0v) is 29.0. The third kappa shape index (κ3) is 6.81. The molecular weight excluding hydrogens is 533 g/mol. The highest BCUT2D eigenvalue weighted by molar-refractivity contribution is 7.86. The molecular formula is C34H58O4SSi. The molecule has 0 unspecified atom stereocenters. The van der Waals surface area contributed by atoms with E-state index in [2.05, 4.69) is 68.4 Å². The van der Waals surface area contributed by atoms with Crippen molar-refractivity contribution in [1.29, 1.82) is 0 Å². The maximum Gasteiger partial charge on any atom is 0.296 e. The van der Waals surface area contributed by atoms with Gasteiger partial charge in [-0.1, -0.05) is 98.1 Å². The van der Waals surface area contributed by atoms with Crippen LogP contribution in [-0.2, 0) is 18.7 Å². The number of benzene rings is 1. The number of rotatable bonds is 13. The first-order valence-electron chi connectivity index (χ1n) is 15.9. The number of hydrogen-bond donors (Lipinski definition) is 0. The van der Waals surface area contributed by atoms with E-state index in [1.54, 1.807) is 17.7 Å². The minimum absolute atomic E-state index is 0.106. The molecule has 0 radical (unpaired) electrons. The summed E-state index contributed by atoms with van der Waals surface area (Å²) in [6.45, 7) is 24.7. The van der Waals surface area contributed by atoms with Gasteiger partial charge in [-0.15, -0.1) is 0 Å². The summed E-state index contributed by atoms with van der Waals surface area (Å²) in [5, 5.41) is 0. The predicted molar refractivity (Wildman–Crippen MR) is 171 cm³/mol. The molecule has 0 heterocycles. The van der Waals surface area contributed by atoms with E-state index in [0.29, 0.717) is 28.5 Å². The highest BCUT2D eigenvalue weighted by atomic mass is 32.2. The molecule has 4 atom stereocenters. The Kier molecular flexibility index (Phi) is 11.0. The van der Waals surface area contributed by atoms with Crippen molar-refractivity contribution in [2.24, 2.45) is 22.7 Å². The van der Waals surface area contributed by atoms with Gasteiger partial charge in [-0.25, -0.2) is 0 Å². The van der Waals surface area contributed by atoms with Crippen molar-refractivity contribution >= 4 is 18.4 Å². The zero-order chi connectivity index (χ0) is 29.9. The van der Waals surface area contributed by atoms with Crippen molar-refractivity contribution in [3.05, 3.63) is 41.5 Å². The van der Waals surface area contributed by atoms with Crippen molar-refractivity contribution < 1.29 is 17.0 Å². The van der Waals surface area contributed by atoms with E-state index in [1.165, 1.54) is 19.3 Å². The molecule has 2 aliphatic carbocycles. The second kappa shape index (κ2) is 13.1. The first-order chi connectivity index (χ1) is 18.6. The quantitative estimate of drug-likeness (QED) is 0.0993. The Morgan fingerprint density at radius 1 is 0.950 bits per heavy atom. The van der Waals surface area contributed by atoms with E-state index in [9.17, 15) is 8.42 Å². The highest BCUT2D eigenvalue weighted by Gasteiger charge is 2.50. The Bertz CT molecular complexity index is 1090. The summed E-state index contributed by atoms with van der Waals surface area (Å²) in [5.41, 5.74) is 4.81. The molecule has 1 fully saturated rings. The molecule has 0 N–H and O–H groups in total. The number of allylic oxidation sites excluding steroid dienone is 2. The number of hydrogen-bond acceptors (Lipinski definition) is 4. The molecule has 0 spiro atoms. The molecule has 0 amide bonds. The third-order valence-electron chi connectivity index (χ3n) is 11.0. The van der Waals surface area contributed by atoms with Crippen molar-refractivity contribution in [2.45, 2.75) is 136 Å². The summed E-state index contributed by atoms with van der Waals surface area (Å²) >= 11 is 0. The van der Waals surface area contributed by atoms with E-state index >= 15 is 0 Å². The van der Waals surface area contributed by atoms with Crippen LogP contribution in [0.15, 0.2) is 40.8 Å². The molecule has 4 nitrogen and oxygen atoms in total. The smallest absolute Gasteiger partial charge is 0.296 e. The van der Waals surface area contributed by atoms with Gasteiger partial charge in [0.25, 0.3) is 10.1 Å². The summed E-state index contributed by atoms with van der Waals surface area (Å²) in [6, 6.07) is 6.89. The number of aryl methyl sites for hydroxylation is 1. The first kappa shape index (κ1) is 33.5. The normalized spacial score (nSPS) is 27.8. The van der Waals surface area contributed by atoms with Crippen molar-refractivity contribution in [3.8, 4) is 0 Å². The van der Waals surface area contributed by atoms with Crippen LogP contribution in [0.3, 0.4) is 0 Å². The van der Waals surface area contributed by atoms with Gasteiger partial charge in [0, 0.05) is 6.61 Å². The predicted octanol–water partition coefficient (Wildman–Crippen LogP) is 9.84. The molecule has 228 valence electrons. The average Bonchev–Trinajstić information content (AvgIpc) is 2.87. The van der Waals surface area contributed by atoms with E-state index in [0.717, 1.165) is 37.9 Å². The second-order valence-corrected chi connectivity index (χ2v) is 21.5. The van der Waals surface area contributed by atoms with Crippen LogP contribution in [-0.4, -0.2) is 29.9 Å². The maximum atomic E-state index is 12.7. The lowest BCUT2D eigenvalue weighted by atomic mass is 9.51. The zero-order valence-electron chi connectivity index (χ0n) is 27.2. The highest BCUT2D eigenvalue weighted by Crippen LogP contribution is 2.59. The van der Waals surface area contributed by atoms with Gasteiger partial charge in [0.2, 0.25) is 0 Å². The SMILES string of the molecule is Cc1ccc(S(=O)(=O)OCCC[C@@]2(C)CCC[C@H]3C2=CC[C@H](C)[C@]3(C)CCO[Si](C(C)C)(C(C)C)C(C)C)cc1. The van der Waals surface area contributed by atoms with Crippen LogP contribution in [0.4, 0.5) is 0 Å². The van der Waals surface area contributed by atoms with Crippen molar-refractivity contribution in [1.82, 2.24) is 0 Å². The Hall–Kier alpha value is -0.953. The first-order valence-corrected chi connectivity index (χ1v) is 19.5. The monoisotopic (exact) mass is 590 g/mol. The van der Waals surface area contributed by atoms with Gasteiger partial charge in [0.05, 0.1) is 11.5 Å². The summed E-state index contributed by atoms with van der Waals surface area (Å²) in [7, 11) is -5.60. The summed E-state index contributed by atoms with van der Waals surface area (Å²) in [5.74, 6) is 1.20. The summed E-state index contributed by atoms with van der Waals surface area (Å²) in [6.07, 6.45) is 10.1. The van der Waals surface area contributed by atoms with Crippen LogP contribution in [0, 0.1) is 29.6 Å². The topological polar surface area (TPSA) is 52.6 Å². The molecule has 0 aliphatic heterocycles. The van der Waals surface area contributed by atoms with Gasteiger partial charge in [-0.2, -0.15) is 8.42 Å². The molecule has 40 heavy (non-hydrogen) atoms. The molecule has 6 heteroatoms. The largest absolute Gasteiger partial charge is 0.416 e. The lowest BCUT2D eigenvalue weighted by Gasteiger charge is -2.54. The fraction of sp³-hybridized carbons (Fsp3) is 0.765. The van der Waals surface area contributed by atoms with Crippen molar-refractivity contribution in [3.63, 3.8) is 0 Å². The van der Waals surface area contributed by atoms with Crippen LogP contribution in [0.25, 0.3) is 0 Å². The Morgan fingerprint density at radius 3 is 2.12 bits per heavy atom.